The molecule has 6 nitrogen and oxygen atoms in total. The number of H-pyrrole nitrogens is 1. The van der Waals surface area contributed by atoms with Crippen molar-refractivity contribution in [2.45, 2.75) is 33.2 Å². The Bertz CT molecular complexity index is 531. The van der Waals surface area contributed by atoms with Gasteiger partial charge in [-0.3, -0.25) is 5.10 Å². The summed E-state index contributed by atoms with van der Waals surface area (Å²) in [5.41, 5.74) is 3.48. The fraction of sp³-hybridized carbons (Fsp3) is 0.571. The molecule has 0 bridgehead atoms. The average Bonchev–Trinajstić information content (AvgIpc) is 2.97. The molecule has 0 aliphatic rings. The molecule has 0 saturated carbocycles. The number of nitrogens with one attached hydrogen (secondary N) is 2. The molecule has 0 saturated heterocycles. The van der Waals surface area contributed by atoms with Crippen molar-refractivity contribution in [3.8, 4) is 0 Å². The lowest BCUT2D eigenvalue weighted by Crippen LogP contribution is -2.12. The summed E-state index contributed by atoms with van der Waals surface area (Å²) in [6.07, 6.45) is 6.08. The van der Waals surface area contributed by atoms with Crippen molar-refractivity contribution >= 4 is 5.95 Å². The smallest absolute Gasteiger partial charge is 0.203 e. The van der Waals surface area contributed by atoms with Gasteiger partial charge in [0, 0.05) is 32.1 Å². The van der Waals surface area contributed by atoms with Gasteiger partial charge in [-0.15, -0.1) is 0 Å². The van der Waals surface area contributed by atoms with Gasteiger partial charge in [0.25, 0.3) is 0 Å². The second-order valence-corrected chi connectivity index (χ2v) is 4.94. The van der Waals surface area contributed by atoms with E-state index in [9.17, 15) is 0 Å². The molecule has 110 valence electrons. The van der Waals surface area contributed by atoms with Crippen molar-refractivity contribution < 1.29 is 4.74 Å². The summed E-state index contributed by atoms with van der Waals surface area (Å²) in [4.78, 5) is 4.49. The number of aromatic amines is 1. The third-order valence-electron chi connectivity index (χ3n) is 3.27. The number of rotatable bonds is 8. The SMILES string of the molecule is COCCNc1nc(C)cn1CCCc1cn[nH]c1C. The van der Waals surface area contributed by atoms with Gasteiger partial charge < -0.3 is 14.6 Å². The third kappa shape index (κ3) is 3.84. The summed E-state index contributed by atoms with van der Waals surface area (Å²) in [5.74, 6) is 0.920. The molecule has 2 N–H and O–H groups in total. The highest BCUT2D eigenvalue weighted by molar-refractivity contribution is 5.28. The maximum absolute atomic E-state index is 5.04. The zero-order valence-corrected chi connectivity index (χ0v) is 12.4. The molecule has 0 unspecified atom stereocenters. The van der Waals surface area contributed by atoms with E-state index < -0.39 is 0 Å². The van der Waals surface area contributed by atoms with Crippen LogP contribution in [0.4, 0.5) is 5.95 Å². The van der Waals surface area contributed by atoms with Crippen molar-refractivity contribution in [2.75, 3.05) is 25.6 Å². The lowest BCUT2D eigenvalue weighted by molar-refractivity contribution is 0.210. The van der Waals surface area contributed by atoms with Gasteiger partial charge in [0.15, 0.2) is 0 Å². The number of aryl methyl sites for hydroxylation is 4. The van der Waals surface area contributed by atoms with Gasteiger partial charge in [-0.05, 0) is 32.3 Å². The molecule has 6 heteroatoms. The molecule has 20 heavy (non-hydrogen) atoms. The third-order valence-corrected chi connectivity index (χ3v) is 3.27. The summed E-state index contributed by atoms with van der Waals surface area (Å²) in [6, 6.07) is 0. The Morgan fingerprint density at radius 3 is 2.95 bits per heavy atom. The van der Waals surface area contributed by atoms with Gasteiger partial charge in [0.05, 0.1) is 18.5 Å². The molecule has 0 atom stereocenters. The Morgan fingerprint density at radius 2 is 2.25 bits per heavy atom. The molecule has 0 aliphatic carbocycles. The van der Waals surface area contributed by atoms with E-state index in [1.54, 1.807) is 7.11 Å². The summed E-state index contributed by atoms with van der Waals surface area (Å²) in [7, 11) is 1.70. The minimum absolute atomic E-state index is 0.681. The first-order chi connectivity index (χ1) is 9.70. The minimum atomic E-state index is 0.681. The maximum atomic E-state index is 5.04. The first-order valence-corrected chi connectivity index (χ1v) is 6.96. The monoisotopic (exact) mass is 277 g/mol. The Labute approximate surface area is 119 Å². The molecule has 0 amide bonds. The molecule has 0 aromatic carbocycles. The van der Waals surface area contributed by atoms with Crippen molar-refractivity contribution in [2.24, 2.45) is 0 Å². The maximum Gasteiger partial charge on any atom is 0.203 e. The number of imidazole rings is 1. The molecular formula is C14H23N5O. The summed E-state index contributed by atoms with van der Waals surface area (Å²) >= 11 is 0. The number of hydrogen-bond acceptors (Lipinski definition) is 4. The van der Waals surface area contributed by atoms with Crippen molar-refractivity contribution in [3.63, 3.8) is 0 Å². The highest BCUT2D eigenvalue weighted by Gasteiger charge is 2.06. The van der Waals surface area contributed by atoms with Crippen LogP contribution in [0.1, 0.15) is 23.4 Å². The van der Waals surface area contributed by atoms with Crippen LogP contribution < -0.4 is 5.32 Å². The Morgan fingerprint density at radius 1 is 1.40 bits per heavy atom. The summed E-state index contributed by atoms with van der Waals surface area (Å²) in [5, 5.41) is 10.3. The Balaban J connectivity index is 1.87. The van der Waals surface area contributed by atoms with Gasteiger partial charge >= 0.3 is 0 Å². The molecule has 0 spiro atoms. The van der Waals surface area contributed by atoms with Crippen LogP contribution in [0.25, 0.3) is 0 Å². The van der Waals surface area contributed by atoms with E-state index in [0.717, 1.165) is 43.3 Å². The van der Waals surface area contributed by atoms with Crippen LogP contribution in [0.15, 0.2) is 12.4 Å². The fourth-order valence-electron chi connectivity index (χ4n) is 2.19. The predicted molar refractivity (Wildman–Crippen MR) is 79.0 cm³/mol. The zero-order valence-electron chi connectivity index (χ0n) is 12.4. The van der Waals surface area contributed by atoms with Crippen molar-refractivity contribution in [3.05, 3.63) is 29.3 Å². The van der Waals surface area contributed by atoms with Gasteiger partial charge in [-0.1, -0.05) is 0 Å². The minimum Gasteiger partial charge on any atom is -0.383 e. The van der Waals surface area contributed by atoms with Gasteiger partial charge in [-0.2, -0.15) is 5.10 Å². The van der Waals surface area contributed by atoms with Crippen molar-refractivity contribution in [1.29, 1.82) is 0 Å². The van der Waals surface area contributed by atoms with Gasteiger partial charge in [0.2, 0.25) is 5.95 Å². The van der Waals surface area contributed by atoms with Crippen molar-refractivity contribution in [1.82, 2.24) is 19.7 Å². The molecule has 2 heterocycles. The van der Waals surface area contributed by atoms with Gasteiger partial charge in [0.1, 0.15) is 0 Å². The summed E-state index contributed by atoms with van der Waals surface area (Å²) < 4.78 is 7.21. The van der Waals surface area contributed by atoms with Crippen LogP contribution in [-0.4, -0.2) is 40.0 Å². The Kier molecular flexibility index (Phi) is 5.17. The number of aromatic nitrogens is 4. The lowest BCUT2D eigenvalue weighted by Gasteiger charge is -2.09. The van der Waals surface area contributed by atoms with Crippen LogP contribution in [0.2, 0.25) is 0 Å². The van der Waals surface area contributed by atoms with Crippen LogP contribution in [-0.2, 0) is 17.7 Å². The highest BCUT2D eigenvalue weighted by atomic mass is 16.5. The van der Waals surface area contributed by atoms with Crippen LogP contribution in [0.5, 0.6) is 0 Å². The molecule has 0 fully saturated rings. The molecule has 2 aromatic heterocycles. The second kappa shape index (κ2) is 7.09. The number of anilines is 1. The zero-order chi connectivity index (χ0) is 14.4. The van der Waals surface area contributed by atoms with E-state index in [4.69, 9.17) is 4.74 Å². The predicted octanol–water partition coefficient (Wildman–Crippen LogP) is 1.91. The molecule has 2 rings (SSSR count). The van der Waals surface area contributed by atoms with E-state index in [0.29, 0.717) is 6.61 Å². The standard InChI is InChI=1S/C14H23N5O/c1-11-10-19(14(17-11)15-6-8-20-3)7-4-5-13-9-16-18-12(13)2/h9-10H,4-8H2,1-3H3,(H,15,17)(H,16,18). The number of methoxy groups -OCH3 is 1. The molecule has 2 aromatic rings. The normalized spacial score (nSPS) is 10.9. The topological polar surface area (TPSA) is 67.8 Å². The highest BCUT2D eigenvalue weighted by Crippen LogP contribution is 2.12. The molecule has 0 radical (unpaired) electrons. The Hall–Kier alpha value is -1.82. The molecule has 0 aliphatic heterocycles. The largest absolute Gasteiger partial charge is 0.383 e. The van der Waals surface area contributed by atoms with Crippen LogP contribution in [0.3, 0.4) is 0 Å². The van der Waals surface area contributed by atoms with Crippen LogP contribution in [0, 0.1) is 13.8 Å². The van der Waals surface area contributed by atoms with E-state index >= 15 is 0 Å². The second-order valence-electron chi connectivity index (χ2n) is 4.94. The first kappa shape index (κ1) is 14.6. The van der Waals surface area contributed by atoms with E-state index in [1.807, 2.05) is 13.1 Å². The quantitative estimate of drug-likeness (QED) is 0.723. The molecular weight excluding hydrogens is 254 g/mol. The van der Waals surface area contributed by atoms with E-state index in [1.165, 1.54) is 5.56 Å². The number of hydrogen-bond donors (Lipinski definition) is 2. The number of nitrogens with zero attached hydrogens (tertiary/aromatic N) is 3. The van der Waals surface area contributed by atoms with Gasteiger partial charge in [-0.25, -0.2) is 4.98 Å². The number of ether oxygens (including phenoxy) is 1. The van der Waals surface area contributed by atoms with E-state index in [2.05, 4.69) is 38.2 Å². The van der Waals surface area contributed by atoms with E-state index in [-0.39, 0.29) is 0 Å². The average molecular weight is 277 g/mol. The summed E-state index contributed by atoms with van der Waals surface area (Å²) in [6.45, 7) is 6.47. The lowest BCUT2D eigenvalue weighted by atomic mass is 10.1. The van der Waals surface area contributed by atoms with Crippen LogP contribution >= 0.6 is 0 Å². The fourth-order valence-corrected chi connectivity index (χ4v) is 2.19. The first-order valence-electron chi connectivity index (χ1n) is 6.96.